The van der Waals surface area contributed by atoms with Crippen molar-refractivity contribution in [3.8, 4) is 11.5 Å². The average Bonchev–Trinajstić information content (AvgIpc) is 2.95. The lowest BCUT2D eigenvalue weighted by atomic mass is 9.91. The van der Waals surface area contributed by atoms with Crippen LogP contribution >= 0.6 is 15.9 Å². The van der Waals surface area contributed by atoms with Crippen molar-refractivity contribution < 1.29 is 14.6 Å². The second-order valence-corrected chi connectivity index (χ2v) is 8.99. The minimum Gasteiger partial charge on any atom is -0.507 e. The second kappa shape index (κ2) is 7.72. The maximum atomic E-state index is 12.8. The van der Waals surface area contributed by atoms with Crippen LogP contribution in [0.15, 0.2) is 46.6 Å². The molecule has 0 radical (unpaired) electrons. The van der Waals surface area contributed by atoms with Gasteiger partial charge in [0.2, 0.25) is 5.78 Å². The summed E-state index contributed by atoms with van der Waals surface area (Å²) in [7, 11) is 0. The summed E-state index contributed by atoms with van der Waals surface area (Å²) < 4.78 is 6.95. The highest BCUT2D eigenvalue weighted by Gasteiger charge is 2.32. The van der Waals surface area contributed by atoms with Gasteiger partial charge in [-0.15, -0.1) is 0 Å². The standard InChI is InChI=1S/C23H24BrNO3/c1-14-9-15(2)12-25(11-14)13-19-20(26)8-7-18-22(27)21(28-23(18)19)10-16-3-5-17(24)6-4-16/h3-8,10,14-15,26H,9,11-13H2,1-2H3/b21-10+. The normalized spacial score (nSPS) is 23.7. The molecular formula is C23H24BrNO3. The lowest BCUT2D eigenvalue weighted by Gasteiger charge is -2.35. The Balaban J connectivity index is 1.63. The molecule has 2 aliphatic rings. The summed E-state index contributed by atoms with van der Waals surface area (Å²) in [4.78, 5) is 15.2. The molecule has 2 aromatic rings. The third kappa shape index (κ3) is 3.87. The Kier molecular flexibility index (Phi) is 5.30. The summed E-state index contributed by atoms with van der Waals surface area (Å²) in [6, 6.07) is 11.0. The van der Waals surface area contributed by atoms with E-state index in [4.69, 9.17) is 4.74 Å². The third-order valence-corrected chi connectivity index (χ3v) is 5.94. The first kappa shape index (κ1) is 19.2. The van der Waals surface area contributed by atoms with Crippen LogP contribution in [0.5, 0.6) is 11.5 Å². The molecule has 4 nitrogen and oxygen atoms in total. The second-order valence-electron chi connectivity index (χ2n) is 8.07. The summed E-state index contributed by atoms with van der Waals surface area (Å²) in [5.41, 5.74) is 2.12. The molecule has 0 aromatic heterocycles. The number of benzene rings is 2. The van der Waals surface area contributed by atoms with Crippen LogP contribution in [-0.2, 0) is 6.54 Å². The molecule has 2 unspecified atom stereocenters. The maximum Gasteiger partial charge on any atom is 0.231 e. The number of likely N-dealkylation sites (tertiary alicyclic amines) is 1. The molecule has 0 amide bonds. The van der Waals surface area contributed by atoms with Crippen molar-refractivity contribution in [1.82, 2.24) is 4.90 Å². The number of carbonyl (C=O) groups excluding carboxylic acids is 1. The number of nitrogens with zero attached hydrogens (tertiary/aromatic N) is 1. The summed E-state index contributed by atoms with van der Waals surface area (Å²) in [6.45, 7) is 7.09. The fourth-order valence-electron chi connectivity index (χ4n) is 4.30. The fraction of sp³-hybridized carbons (Fsp3) is 0.348. The van der Waals surface area contributed by atoms with Crippen LogP contribution in [0, 0.1) is 11.8 Å². The Morgan fingerprint density at radius 1 is 1.14 bits per heavy atom. The van der Waals surface area contributed by atoms with E-state index in [9.17, 15) is 9.90 Å². The Labute approximate surface area is 173 Å². The van der Waals surface area contributed by atoms with Gasteiger partial charge in [0, 0.05) is 24.1 Å². The molecule has 0 bridgehead atoms. The van der Waals surface area contributed by atoms with Crippen molar-refractivity contribution in [2.24, 2.45) is 11.8 Å². The number of fused-ring (bicyclic) bond motifs is 1. The zero-order valence-electron chi connectivity index (χ0n) is 16.1. The zero-order valence-corrected chi connectivity index (χ0v) is 17.7. The van der Waals surface area contributed by atoms with Crippen molar-refractivity contribution in [2.45, 2.75) is 26.8 Å². The van der Waals surface area contributed by atoms with E-state index in [-0.39, 0.29) is 11.5 Å². The Morgan fingerprint density at radius 2 is 1.82 bits per heavy atom. The molecule has 0 saturated carbocycles. The fourth-order valence-corrected chi connectivity index (χ4v) is 4.57. The van der Waals surface area contributed by atoms with E-state index in [1.165, 1.54) is 6.42 Å². The first-order chi connectivity index (χ1) is 13.4. The molecular weight excluding hydrogens is 418 g/mol. The highest BCUT2D eigenvalue weighted by molar-refractivity contribution is 9.10. The molecule has 146 valence electrons. The number of hydrogen-bond donors (Lipinski definition) is 1. The molecule has 2 aliphatic heterocycles. The van der Waals surface area contributed by atoms with Gasteiger partial charge in [-0.05, 0) is 54.2 Å². The number of piperidine rings is 1. The lowest BCUT2D eigenvalue weighted by Crippen LogP contribution is -2.38. The van der Waals surface area contributed by atoms with Gasteiger partial charge in [0.15, 0.2) is 5.76 Å². The van der Waals surface area contributed by atoms with Gasteiger partial charge in [0.1, 0.15) is 11.5 Å². The van der Waals surface area contributed by atoms with Gasteiger partial charge in [-0.3, -0.25) is 9.69 Å². The van der Waals surface area contributed by atoms with E-state index in [1.807, 2.05) is 24.3 Å². The molecule has 0 aliphatic carbocycles. The van der Waals surface area contributed by atoms with Crippen molar-refractivity contribution in [1.29, 1.82) is 0 Å². The largest absolute Gasteiger partial charge is 0.507 e. The van der Waals surface area contributed by atoms with Crippen molar-refractivity contribution in [2.75, 3.05) is 13.1 Å². The van der Waals surface area contributed by atoms with Crippen molar-refractivity contribution >= 4 is 27.8 Å². The number of phenols is 1. The molecule has 1 N–H and O–H groups in total. The van der Waals surface area contributed by atoms with E-state index in [0.29, 0.717) is 41.0 Å². The molecule has 28 heavy (non-hydrogen) atoms. The van der Waals surface area contributed by atoms with Gasteiger partial charge < -0.3 is 9.84 Å². The predicted molar refractivity (Wildman–Crippen MR) is 113 cm³/mol. The Morgan fingerprint density at radius 3 is 2.50 bits per heavy atom. The topological polar surface area (TPSA) is 49.8 Å². The molecule has 4 rings (SSSR count). The first-order valence-electron chi connectivity index (χ1n) is 9.67. The van der Waals surface area contributed by atoms with Gasteiger partial charge in [-0.25, -0.2) is 0 Å². The van der Waals surface area contributed by atoms with E-state index in [1.54, 1.807) is 18.2 Å². The SMILES string of the molecule is CC1CC(C)CN(Cc2c(O)ccc3c2O/C(=C/c2ccc(Br)cc2)C3=O)C1. The summed E-state index contributed by atoms with van der Waals surface area (Å²) >= 11 is 3.41. The Bertz CT molecular complexity index is 926. The minimum atomic E-state index is -0.139. The number of carbonyl (C=O) groups is 1. The van der Waals surface area contributed by atoms with E-state index in [0.717, 1.165) is 23.1 Å². The number of phenolic OH excluding ortho intramolecular Hbond substituents is 1. The Hall–Kier alpha value is -2.11. The summed E-state index contributed by atoms with van der Waals surface area (Å²) in [5.74, 6) is 2.08. The number of halogens is 1. The molecule has 5 heteroatoms. The number of ether oxygens (including phenoxy) is 1. The van der Waals surface area contributed by atoms with E-state index in [2.05, 4.69) is 34.7 Å². The number of ketones is 1. The average molecular weight is 442 g/mol. The minimum absolute atomic E-state index is 0.139. The molecule has 1 saturated heterocycles. The van der Waals surface area contributed by atoms with Crippen LogP contribution in [0.25, 0.3) is 6.08 Å². The van der Waals surface area contributed by atoms with E-state index >= 15 is 0 Å². The molecule has 2 atom stereocenters. The van der Waals surface area contributed by atoms with Gasteiger partial charge in [0.25, 0.3) is 0 Å². The molecule has 2 aromatic carbocycles. The number of Topliss-reactive ketones (excluding diaryl/α,β-unsaturated/α-hetero) is 1. The lowest BCUT2D eigenvalue weighted by molar-refractivity contribution is 0.101. The molecule has 1 fully saturated rings. The van der Waals surface area contributed by atoms with Gasteiger partial charge in [0.05, 0.1) is 11.1 Å². The van der Waals surface area contributed by atoms with Gasteiger partial charge in [-0.1, -0.05) is 41.9 Å². The monoisotopic (exact) mass is 441 g/mol. The highest BCUT2D eigenvalue weighted by atomic mass is 79.9. The zero-order chi connectivity index (χ0) is 19.8. The highest BCUT2D eigenvalue weighted by Crippen LogP contribution is 2.40. The number of hydrogen-bond acceptors (Lipinski definition) is 4. The third-order valence-electron chi connectivity index (χ3n) is 5.41. The van der Waals surface area contributed by atoms with Crippen molar-refractivity contribution in [3.63, 3.8) is 0 Å². The van der Waals surface area contributed by atoms with Crippen LogP contribution in [0.2, 0.25) is 0 Å². The molecule has 2 heterocycles. The number of allylic oxidation sites excluding steroid dienone is 1. The quantitative estimate of drug-likeness (QED) is 0.660. The van der Waals surface area contributed by atoms with E-state index < -0.39 is 0 Å². The van der Waals surface area contributed by atoms with Gasteiger partial charge in [-0.2, -0.15) is 0 Å². The maximum absolute atomic E-state index is 12.8. The van der Waals surface area contributed by atoms with Crippen molar-refractivity contribution in [3.05, 3.63) is 63.3 Å². The van der Waals surface area contributed by atoms with Crippen LogP contribution in [0.4, 0.5) is 0 Å². The van der Waals surface area contributed by atoms with Gasteiger partial charge >= 0.3 is 0 Å². The smallest absolute Gasteiger partial charge is 0.231 e. The molecule has 0 spiro atoms. The van der Waals surface area contributed by atoms with Crippen LogP contribution in [-0.4, -0.2) is 28.9 Å². The number of aromatic hydroxyl groups is 1. The summed E-state index contributed by atoms with van der Waals surface area (Å²) in [6.07, 6.45) is 2.98. The number of rotatable bonds is 3. The van der Waals surface area contributed by atoms with Crippen LogP contribution in [0.1, 0.15) is 41.8 Å². The summed E-state index contributed by atoms with van der Waals surface area (Å²) in [5, 5.41) is 10.5. The predicted octanol–water partition coefficient (Wildman–Crippen LogP) is 5.25. The van der Waals surface area contributed by atoms with Crippen LogP contribution in [0.3, 0.4) is 0 Å². The first-order valence-corrected chi connectivity index (χ1v) is 10.5. The van der Waals surface area contributed by atoms with Crippen LogP contribution < -0.4 is 4.74 Å².